The average Bonchev–Trinajstić information content (AvgIpc) is 3.42. The Kier molecular flexibility index (Phi) is 7.39. The lowest BCUT2D eigenvalue weighted by atomic mass is 9.99. The lowest BCUT2D eigenvalue weighted by molar-refractivity contribution is -0.122. The fourth-order valence-electron chi connectivity index (χ4n) is 3.82. The van der Waals surface area contributed by atoms with Crippen molar-refractivity contribution in [3.05, 3.63) is 57.7 Å². The number of fused-ring (bicyclic) bond motifs is 1. The Morgan fingerprint density at radius 2 is 2.09 bits per heavy atom. The van der Waals surface area contributed by atoms with Crippen molar-refractivity contribution in [2.75, 3.05) is 20.2 Å². The molecule has 2 aromatic heterocycles. The molecule has 4 rings (SSSR count). The molecule has 0 radical (unpaired) electrons. The second kappa shape index (κ2) is 10.1. The highest BCUT2D eigenvalue weighted by Gasteiger charge is 2.34. The van der Waals surface area contributed by atoms with Gasteiger partial charge in [-0.1, -0.05) is 29.0 Å². The predicted molar refractivity (Wildman–Crippen MR) is 133 cm³/mol. The molecule has 8 nitrogen and oxygen atoms in total. The molecule has 1 aliphatic heterocycles. The van der Waals surface area contributed by atoms with E-state index in [1.807, 2.05) is 4.57 Å². The summed E-state index contributed by atoms with van der Waals surface area (Å²) in [5, 5.41) is 0. The van der Waals surface area contributed by atoms with Crippen LogP contribution in [-0.4, -0.2) is 49.4 Å². The quantitative estimate of drug-likeness (QED) is 0.349. The molecule has 0 spiro atoms. The van der Waals surface area contributed by atoms with Gasteiger partial charge in [-0.15, -0.1) is 17.9 Å². The van der Waals surface area contributed by atoms with Gasteiger partial charge in [0.25, 0.3) is 15.9 Å². The van der Waals surface area contributed by atoms with Gasteiger partial charge in [0.2, 0.25) is 0 Å². The number of sulfonamides is 1. The van der Waals surface area contributed by atoms with Crippen molar-refractivity contribution in [3.63, 3.8) is 0 Å². The van der Waals surface area contributed by atoms with Crippen molar-refractivity contribution in [2.24, 2.45) is 10.9 Å². The van der Waals surface area contributed by atoms with Gasteiger partial charge in [-0.2, -0.15) is 9.30 Å². The number of carbonyl (C=O) groups is 2. The van der Waals surface area contributed by atoms with Crippen molar-refractivity contribution >= 4 is 66.4 Å². The first-order valence-electron chi connectivity index (χ1n) is 10.4. The molecule has 1 amide bonds. The van der Waals surface area contributed by atoms with Gasteiger partial charge in [-0.3, -0.25) is 4.79 Å². The Morgan fingerprint density at radius 3 is 2.76 bits per heavy atom. The molecule has 1 unspecified atom stereocenters. The van der Waals surface area contributed by atoms with Crippen LogP contribution in [0.2, 0.25) is 4.34 Å². The van der Waals surface area contributed by atoms with Gasteiger partial charge in [0.05, 0.1) is 33.1 Å². The summed E-state index contributed by atoms with van der Waals surface area (Å²) in [5.74, 6) is -1.37. The van der Waals surface area contributed by atoms with E-state index in [0.717, 1.165) is 21.6 Å². The second-order valence-corrected chi connectivity index (χ2v) is 12.6. The molecule has 1 aliphatic rings. The molecule has 3 aromatic rings. The zero-order chi connectivity index (χ0) is 24.5. The van der Waals surface area contributed by atoms with Crippen LogP contribution in [0.3, 0.4) is 0 Å². The van der Waals surface area contributed by atoms with Crippen LogP contribution in [-0.2, 0) is 26.1 Å². The van der Waals surface area contributed by atoms with Crippen molar-refractivity contribution in [1.29, 1.82) is 0 Å². The van der Waals surface area contributed by atoms with Gasteiger partial charge in [0.15, 0.2) is 4.80 Å². The minimum atomic E-state index is -3.72. The molecule has 12 heteroatoms. The lowest BCUT2D eigenvalue weighted by Gasteiger charge is -2.29. The highest BCUT2D eigenvalue weighted by molar-refractivity contribution is 7.91. The van der Waals surface area contributed by atoms with Crippen LogP contribution < -0.4 is 4.80 Å². The number of hydrogen-bond donors (Lipinski definition) is 0. The number of methoxy groups -OCH3 is 1. The molecular formula is C22H22ClN3O5S3. The maximum Gasteiger partial charge on any atom is 0.337 e. The molecule has 0 saturated carbocycles. The van der Waals surface area contributed by atoms with E-state index < -0.39 is 21.9 Å². The summed E-state index contributed by atoms with van der Waals surface area (Å²) in [4.78, 5) is 29.8. The van der Waals surface area contributed by atoms with Crippen LogP contribution in [0.4, 0.5) is 0 Å². The van der Waals surface area contributed by atoms with Crippen LogP contribution in [0.1, 0.15) is 23.2 Å². The smallest absolute Gasteiger partial charge is 0.337 e. The number of carbonyl (C=O) groups excluding carboxylic acids is 2. The van der Waals surface area contributed by atoms with E-state index in [2.05, 4.69) is 11.6 Å². The van der Waals surface area contributed by atoms with E-state index in [0.29, 0.717) is 40.6 Å². The van der Waals surface area contributed by atoms with Gasteiger partial charge in [0, 0.05) is 19.6 Å². The normalized spacial score (nSPS) is 17.7. The van der Waals surface area contributed by atoms with Gasteiger partial charge >= 0.3 is 5.97 Å². The van der Waals surface area contributed by atoms with Crippen LogP contribution >= 0.6 is 34.3 Å². The van der Waals surface area contributed by atoms with Crippen molar-refractivity contribution < 1.29 is 22.7 Å². The standard InChI is InChI=1S/C22H22ClN3O5S3/c1-3-10-26-16-7-6-14(21(28)31-2)12-17(16)32-22(26)24-20(27)15-5-4-11-25(13-15)34(29,30)19-9-8-18(23)33-19/h3,6-9,12,15H,1,4-5,10-11,13H2,2H3. The van der Waals surface area contributed by atoms with Crippen LogP contribution in [0.5, 0.6) is 0 Å². The number of thiazole rings is 1. The number of thiophene rings is 1. The van der Waals surface area contributed by atoms with Gasteiger partial charge < -0.3 is 9.30 Å². The number of nitrogens with zero attached hydrogens (tertiary/aromatic N) is 3. The fraction of sp³-hybridized carbons (Fsp3) is 0.318. The zero-order valence-electron chi connectivity index (χ0n) is 18.3. The molecule has 0 aliphatic carbocycles. The lowest BCUT2D eigenvalue weighted by Crippen LogP contribution is -2.42. The molecule has 1 saturated heterocycles. The van der Waals surface area contributed by atoms with Crippen molar-refractivity contribution in [1.82, 2.24) is 8.87 Å². The molecule has 1 atom stereocenters. The minimum Gasteiger partial charge on any atom is -0.465 e. The molecule has 3 heterocycles. The Hall–Kier alpha value is -2.31. The van der Waals surface area contributed by atoms with Crippen LogP contribution in [0.15, 0.2) is 52.2 Å². The zero-order valence-corrected chi connectivity index (χ0v) is 21.5. The maximum atomic E-state index is 13.1. The number of aromatic nitrogens is 1. The number of benzene rings is 1. The van der Waals surface area contributed by atoms with Crippen LogP contribution in [0, 0.1) is 5.92 Å². The van der Waals surface area contributed by atoms with E-state index >= 15 is 0 Å². The molecule has 180 valence electrons. The number of amides is 1. The summed E-state index contributed by atoms with van der Waals surface area (Å²) in [7, 11) is -2.40. The fourth-order valence-corrected chi connectivity index (χ4v) is 8.07. The first kappa shape index (κ1) is 24.8. The Balaban J connectivity index is 1.65. The molecule has 0 N–H and O–H groups in total. The number of ether oxygens (including phenoxy) is 1. The van der Waals surface area contributed by atoms with Gasteiger partial charge in [0.1, 0.15) is 4.21 Å². The monoisotopic (exact) mass is 539 g/mol. The average molecular weight is 540 g/mol. The molecule has 1 fully saturated rings. The third-order valence-corrected chi connectivity index (χ3v) is 10.1. The molecule has 34 heavy (non-hydrogen) atoms. The summed E-state index contributed by atoms with van der Waals surface area (Å²) >= 11 is 8.19. The van der Waals surface area contributed by atoms with Crippen molar-refractivity contribution in [2.45, 2.75) is 23.6 Å². The summed E-state index contributed by atoms with van der Waals surface area (Å²) in [6, 6.07) is 8.18. The summed E-state index contributed by atoms with van der Waals surface area (Å²) in [6.07, 6.45) is 2.81. The summed E-state index contributed by atoms with van der Waals surface area (Å²) in [6.45, 7) is 4.62. The molecular weight excluding hydrogens is 518 g/mol. The largest absolute Gasteiger partial charge is 0.465 e. The van der Waals surface area contributed by atoms with Gasteiger partial charge in [-0.25, -0.2) is 13.2 Å². The van der Waals surface area contributed by atoms with Gasteiger partial charge in [-0.05, 0) is 43.2 Å². The topological polar surface area (TPSA) is 98.0 Å². The second-order valence-electron chi connectivity index (χ2n) is 7.67. The van der Waals surface area contributed by atoms with Crippen LogP contribution in [0.25, 0.3) is 10.2 Å². The SMILES string of the molecule is C=CCn1c(=NC(=O)C2CCCN(S(=O)(=O)c3ccc(Cl)s3)C2)sc2cc(C(=O)OC)ccc21. The Labute approximate surface area is 209 Å². The van der Waals surface area contributed by atoms with Crippen molar-refractivity contribution in [3.8, 4) is 0 Å². The van der Waals surface area contributed by atoms with E-state index in [1.165, 1.54) is 28.8 Å². The highest BCUT2D eigenvalue weighted by Crippen LogP contribution is 2.31. The van der Waals surface area contributed by atoms with E-state index in [4.69, 9.17) is 16.3 Å². The third-order valence-electron chi connectivity index (χ3n) is 5.50. The maximum absolute atomic E-state index is 13.1. The first-order valence-corrected chi connectivity index (χ1v) is 13.9. The number of piperidine rings is 1. The predicted octanol–water partition coefficient (Wildman–Crippen LogP) is 3.92. The number of hydrogen-bond acceptors (Lipinski definition) is 7. The summed E-state index contributed by atoms with van der Waals surface area (Å²) < 4.78 is 35.3. The highest BCUT2D eigenvalue weighted by atomic mass is 35.5. The molecule has 0 bridgehead atoms. The summed E-state index contributed by atoms with van der Waals surface area (Å²) in [5.41, 5.74) is 1.22. The molecule has 1 aromatic carbocycles. The number of allylic oxidation sites excluding steroid dienone is 1. The number of esters is 1. The number of rotatable bonds is 6. The van der Waals surface area contributed by atoms with E-state index in [9.17, 15) is 18.0 Å². The number of halogens is 1. The minimum absolute atomic E-state index is 0.0685. The Bertz CT molecular complexity index is 1440. The van der Waals surface area contributed by atoms with E-state index in [1.54, 1.807) is 30.3 Å². The van der Waals surface area contributed by atoms with E-state index in [-0.39, 0.29) is 16.7 Å². The Morgan fingerprint density at radius 1 is 1.29 bits per heavy atom. The first-order chi connectivity index (χ1) is 16.2. The third kappa shape index (κ3) is 4.89.